The average molecular weight is 212 g/mol. The van der Waals surface area contributed by atoms with Crippen molar-refractivity contribution < 1.29 is 9.53 Å². The number of nitrogens with one attached hydrogen (secondary N) is 2. The van der Waals surface area contributed by atoms with E-state index in [2.05, 4.69) is 17.6 Å². The highest BCUT2D eigenvalue weighted by atomic mass is 16.5. The fraction of sp³-hybridized carbons (Fsp3) is 0.909. The van der Waals surface area contributed by atoms with Gasteiger partial charge in [0, 0.05) is 12.1 Å². The van der Waals surface area contributed by atoms with E-state index in [0.717, 1.165) is 45.4 Å². The van der Waals surface area contributed by atoms with Crippen LogP contribution in [0.1, 0.15) is 32.6 Å². The van der Waals surface area contributed by atoms with E-state index in [9.17, 15) is 4.79 Å². The van der Waals surface area contributed by atoms with E-state index in [4.69, 9.17) is 4.74 Å². The molecule has 2 aliphatic heterocycles. The SMILES string of the molecule is CC1(NC(=O)[C@H]2CCCO2)CCNCC1. The molecule has 0 saturated carbocycles. The predicted molar refractivity (Wildman–Crippen MR) is 57.6 cm³/mol. The van der Waals surface area contributed by atoms with Crippen molar-refractivity contribution in [3.05, 3.63) is 0 Å². The standard InChI is InChI=1S/C11H20N2O2/c1-11(4-6-12-7-5-11)13-10(14)9-3-2-8-15-9/h9,12H,2-8H2,1H3,(H,13,14)/t9-/m1/s1. The number of ether oxygens (including phenoxy) is 1. The normalized spacial score (nSPS) is 30.1. The predicted octanol–water partition coefficient (Wildman–Crippen LogP) is 0.424. The molecule has 2 heterocycles. The first-order valence-electron chi connectivity index (χ1n) is 5.84. The van der Waals surface area contributed by atoms with Crippen LogP contribution >= 0.6 is 0 Å². The molecule has 0 unspecified atom stereocenters. The number of rotatable bonds is 2. The molecule has 2 aliphatic rings. The molecule has 2 rings (SSSR count). The summed E-state index contributed by atoms with van der Waals surface area (Å²) in [6.07, 6.45) is 3.70. The second-order valence-corrected chi connectivity index (χ2v) is 4.80. The Morgan fingerprint density at radius 2 is 2.20 bits per heavy atom. The van der Waals surface area contributed by atoms with Crippen molar-refractivity contribution in [1.29, 1.82) is 0 Å². The van der Waals surface area contributed by atoms with Crippen molar-refractivity contribution in [2.24, 2.45) is 0 Å². The van der Waals surface area contributed by atoms with Crippen LogP contribution in [0.3, 0.4) is 0 Å². The molecule has 0 spiro atoms. The Hall–Kier alpha value is -0.610. The number of piperidine rings is 1. The van der Waals surface area contributed by atoms with E-state index in [1.807, 2.05) is 0 Å². The van der Waals surface area contributed by atoms with Crippen LogP contribution in [0.4, 0.5) is 0 Å². The quantitative estimate of drug-likeness (QED) is 0.697. The molecular weight excluding hydrogens is 192 g/mol. The summed E-state index contributed by atoms with van der Waals surface area (Å²) in [7, 11) is 0. The average Bonchev–Trinajstić information content (AvgIpc) is 2.70. The van der Waals surface area contributed by atoms with Crippen LogP contribution in [-0.4, -0.2) is 37.2 Å². The summed E-state index contributed by atoms with van der Waals surface area (Å²) in [5.74, 6) is 0.0805. The maximum absolute atomic E-state index is 11.9. The summed E-state index contributed by atoms with van der Waals surface area (Å²) in [6, 6.07) is 0. The minimum Gasteiger partial charge on any atom is -0.368 e. The summed E-state index contributed by atoms with van der Waals surface area (Å²) in [5.41, 5.74) is -0.0334. The molecule has 0 aliphatic carbocycles. The molecule has 2 N–H and O–H groups in total. The molecule has 0 aromatic carbocycles. The molecule has 0 aromatic heterocycles. The lowest BCUT2D eigenvalue weighted by atomic mass is 9.90. The van der Waals surface area contributed by atoms with E-state index in [0.29, 0.717) is 0 Å². The summed E-state index contributed by atoms with van der Waals surface area (Å²) in [5, 5.41) is 6.43. The third kappa shape index (κ3) is 2.69. The van der Waals surface area contributed by atoms with Crippen LogP contribution in [0.25, 0.3) is 0 Å². The topological polar surface area (TPSA) is 50.4 Å². The molecule has 86 valence electrons. The van der Waals surface area contributed by atoms with Gasteiger partial charge in [0.05, 0.1) is 0 Å². The van der Waals surface area contributed by atoms with Gasteiger partial charge in [-0.05, 0) is 45.7 Å². The Bertz CT molecular complexity index is 231. The molecule has 1 atom stereocenters. The van der Waals surface area contributed by atoms with Gasteiger partial charge >= 0.3 is 0 Å². The Morgan fingerprint density at radius 1 is 1.47 bits per heavy atom. The first kappa shape index (κ1) is 10.9. The zero-order valence-corrected chi connectivity index (χ0v) is 9.34. The lowest BCUT2D eigenvalue weighted by Crippen LogP contribution is -2.54. The van der Waals surface area contributed by atoms with Crippen molar-refractivity contribution in [3.8, 4) is 0 Å². The van der Waals surface area contributed by atoms with E-state index in [1.165, 1.54) is 0 Å². The van der Waals surface area contributed by atoms with Crippen molar-refractivity contribution in [3.63, 3.8) is 0 Å². The van der Waals surface area contributed by atoms with Crippen LogP contribution in [0, 0.1) is 0 Å². The summed E-state index contributed by atoms with van der Waals surface area (Å²) in [6.45, 7) is 4.83. The highest BCUT2D eigenvalue weighted by molar-refractivity contribution is 5.81. The van der Waals surface area contributed by atoms with E-state index in [1.54, 1.807) is 0 Å². The zero-order valence-electron chi connectivity index (χ0n) is 9.34. The number of amides is 1. The van der Waals surface area contributed by atoms with Gasteiger partial charge < -0.3 is 15.4 Å². The van der Waals surface area contributed by atoms with Crippen LogP contribution in [0.15, 0.2) is 0 Å². The summed E-state index contributed by atoms with van der Waals surface area (Å²) < 4.78 is 5.37. The highest BCUT2D eigenvalue weighted by Crippen LogP contribution is 2.19. The molecule has 2 fully saturated rings. The molecule has 4 nitrogen and oxygen atoms in total. The fourth-order valence-electron chi connectivity index (χ4n) is 2.27. The molecule has 2 saturated heterocycles. The zero-order chi connectivity index (χ0) is 10.7. The highest BCUT2D eigenvalue weighted by Gasteiger charge is 2.32. The molecular formula is C11H20N2O2. The van der Waals surface area contributed by atoms with E-state index >= 15 is 0 Å². The van der Waals surface area contributed by atoms with Crippen LogP contribution < -0.4 is 10.6 Å². The molecule has 0 radical (unpaired) electrons. The smallest absolute Gasteiger partial charge is 0.249 e. The van der Waals surface area contributed by atoms with Gasteiger partial charge in [0.25, 0.3) is 0 Å². The van der Waals surface area contributed by atoms with Gasteiger partial charge in [-0.25, -0.2) is 0 Å². The van der Waals surface area contributed by atoms with Gasteiger partial charge in [0.2, 0.25) is 5.91 Å². The van der Waals surface area contributed by atoms with Crippen LogP contribution in [0.5, 0.6) is 0 Å². The Labute approximate surface area is 90.8 Å². The number of hydrogen-bond donors (Lipinski definition) is 2. The second kappa shape index (κ2) is 4.49. The van der Waals surface area contributed by atoms with Crippen LogP contribution in [-0.2, 0) is 9.53 Å². The van der Waals surface area contributed by atoms with Gasteiger partial charge in [-0.1, -0.05) is 0 Å². The minimum absolute atomic E-state index is 0.0334. The third-order valence-corrected chi connectivity index (χ3v) is 3.35. The molecule has 15 heavy (non-hydrogen) atoms. The van der Waals surface area contributed by atoms with Gasteiger partial charge in [-0.15, -0.1) is 0 Å². The van der Waals surface area contributed by atoms with Gasteiger partial charge in [-0.3, -0.25) is 4.79 Å². The Balaban J connectivity index is 1.86. The first-order valence-corrected chi connectivity index (χ1v) is 5.84. The Morgan fingerprint density at radius 3 is 2.80 bits per heavy atom. The second-order valence-electron chi connectivity index (χ2n) is 4.80. The largest absolute Gasteiger partial charge is 0.368 e. The lowest BCUT2D eigenvalue weighted by molar-refractivity contribution is -0.132. The maximum Gasteiger partial charge on any atom is 0.249 e. The molecule has 1 amide bonds. The molecule has 0 aromatic rings. The van der Waals surface area contributed by atoms with Crippen molar-refractivity contribution in [2.45, 2.75) is 44.2 Å². The third-order valence-electron chi connectivity index (χ3n) is 3.35. The van der Waals surface area contributed by atoms with E-state index < -0.39 is 0 Å². The van der Waals surface area contributed by atoms with Gasteiger partial charge in [-0.2, -0.15) is 0 Å². The van der Waals surface area contributed by atoms with Crippen molar-refractivity contribution in [1.82, 2.24) is 10.6 Å². The molecule has 4 heteroatoms. The van der Waals surface area contributed by atoms with Crippen molar-refractivity contribution >= 4 is 5.91 Å². The van der Waals surface area contributed by atoms with Gasteiger partial charge in [0.1, 0.15) is 6.10 Å². The fourth-order valence-corrected chi connectivity index (χ4v) is 2.27. The lowest BCUT2D eigenvalue weighted by Gasteiger charge is -2.35. The van der Waals surface area contributed by atoms with Crippen molar-refractivity contribution in [2.75, 3.05) is 19.7 Å². The number of carbonyl (C=O) groups is 1. The molecule has 0 bridgehead atoms. The summed E-state index contributed by atoms with van der Waals surface area (Å²) >= 11 is 0. The Kier molecular flexibility index (Phi) is 3.26. The number of carbonyl (C=O) groups excluding carboxylic acids is 1. The summed E-state index contributed by atoms with van der Waals surface area (Å²) in [4.78, 5) is 11.9. The monoisotopic (exact) mass is 212 g/mol. The van der Waals surface area contributed by atoms with Crippen LogP contribution in [0.2, 0.25) is 0 Å². The number of hydrogen-bond acceptors (Lipinski definition) is 3. The maximum atomic E-state index is 11.9. The first-order chi connectivity index (χ1) is 7.20. The van der Waals surface area contributed by atoms with Gasteiger partial charge in [0.15, 0.2) is 0 Å². The minimum atomic E-state index is -0.197. The van der Waals surface area contributed by atoms with E-state index in [-0.39, 0.29) is 17.6 Å².